The Morgan fingerprint density at radius 1 is 1.09 bits per heavy atom. The van der Waals surface area contributed by atoms with E-state index in [1.165, 1.54) is 6.07 Å². The molecule has 0 unspecified atom stereocenters. The summed E-state index contributed by atoms with van der Waals surface area (Å²) in [6.45, 7) is 8.14. The van der Waals surface area contributed by atoms with Crippen LogP contribution in [0.5, 0.6) is 0 Å². The summed E-state index contributed by atoms with van der Waals surface area (Å²) < 4.78 is 0. The lowest BCUT2D eigenvalue weighted by atomic mass is 10.0. The van der Waals surface area contributed by atoms with Gasteiger partial charge in [0.15, 0.2) is 0 Å². The summed E-state index contributed by atoms with van der Waals surface area (Å²) in [6, 6.07) is 3.12. The van der Waals surface area contributed by atoms with Gasteiger partial charge in [0.05, 0.1) is 17.1 Å². The van der Waals surface area contributed by atoms with Gasteiger partial charge in [-0.05, 0) is 24.0 Å². The Balaban J connectivity index is 2.56. The Kier molecular flexibility index (Phi) is 4.70. The van der Waals surface area contributed by atoms with Crippen molar-refractivity contribution in [2.75, 3.05) is 5.32 Å². The highest BCUT2D eigenvalue weighted by Gasteiger charge is 2.19. The van der Waals surface area contributed by atoms with Gasteiger partial charge in [-0.1, -0.05) is 27.7 Å². The summed E-state index contributed by atoms with van der Waals surface area (Å²) in [5, 5.41) is 12.4. The first-order chi connectivity index (χ1) is 10.4. The van der Waals surface area contributed by atoms with Crippen molar-refractivity contribution in [3.8, 4) is 0 Å². The SMILES string of the molecule is CC(C)c1ncnc(C(C)C)c1Nc1ncccc1C(=O)O. The van der Waals surface area contributed by atoms with Gasteiger partial charge in [0.25, 0.3) is 0 Å². The van der Waals surface area contributed by atoms with Gasteiger partial charge in [0.1, 0.15) is 17.7 Å². The highest BCUT2D eigenvalue weighted by Crippen LogP contribution is 2.31. The molecule has 2 N–H and O–H groups in total. The quantitative estimate of drug-likeness (QED) is 0.877. The van der Waals surface area contributed by atoms with Gasteiger partial charge in [0, 0.05) is 6.20 Å². The molecule has 6 heteroatoms. The van der Waals surface area contributed by atoms with Crippen LogP contribution in [0.25, 0.3) is 0 Å². The van der Waals surface area contributed by atoms with E-state index in [0.717, 1.165) is 17.1 Å². The Labute approximate surface area is 129 Å². The van der Waals surface area contributed by atoms with E-state index in [1.54, 1.807) is 18.6 Å². The van der Waals surface area contributed by atoms with Crippen LogP contribution in [0.15, 0.2) is 24.7 Å². The molecule has 0 radical (unpaired) electrons. The van der Waals surface area contributed by atoms with Crippen LogP contribution in [-0.4, -0.2) is 26.0 Å². The van der Waals surface area contributed by atoms with Crippen molar-refractivity contribution >= 4 is 17.5 Å². The van der Waals surface area contributed by atoms with Crippen molar-refractivity contribution in [3.63, 3.8) is 0 Å². The van der Waals surface area contributed by atoms with Gasteiger partial charge < -0.3 is 10.4 Å². The molecule has 0 fully saturated rings. The lowest BCUT2D eigenvalue weighted by Crippen LogP contribution is -2.11. The van der Waals surface area contributed by atoms with E-state index < -0.39 is 5.97 Å². The summed E-state index contributed by atoms with van der Waals surface area (Å²) in [4.78, 5) is 24.2. The highest BCUT2D eigenvalue weighted by molar-refractivity contribution is 5.94. The van der Waals surface area contributed by atoms with Crippen LogP contribution in [0, 0.1) is 0 Å². The molecule has 0 aromatic carbocycles. The Morgan fingerprint density at radius 2 is 1.68 bits per heavy atom. The van der Waals surface area contributed by atoms with Gasteiger partial charge >= 0.3 is 5.97 Å². The molecule has 6 nitrogen and oxygen atoms in total. The third kappa shape index (κ3) is 3.21. The fraction of sp³-hybridized carbons (Fsp3) is 0.375. The van der Waals surface area contributed by atoms with Crippen LogP contribution < -0.4 is 5.32 Å². The van der Waals surface area contributed by atoms with Crippen LogP contribution >= 0.6 is 0 Å². The topological polar surface area (TPSA) is 88.0 Å². The predicted molar refractivity (Wildman–Crippen MR) is 84.7 cm³/mol. The van der Waals surface area contributed by atoms with Crippen LogP contribution in [0.3, 0.4) is 0 Å². The Morgan fingerprint density at radius 3 is 2.18 bits per heavy atom. The summed E-state index contributed by atoms with van der Waals surface area (Å²) in [5.41, 5.74) is 2.56. The van der Waals surface area contributed by atoms with Crippen molar-refractivity contribution in [2.24, 2.45) is 0 Å². The summed E-state index contributed by atoms with van der Waals surface area (Å²) in [7, 11) is 0. The summed E-state index contributed by atoms with van der Waals surface area (Å²) in [6.07, 6.45) is 3.11. The number of nitrogens with zero attached hydrogens (tertiary/aromatic N) is 3. The highest BCUT2D eigenvalue weighted by atomic mass is 16.4. The molecule has 0 spiro atoms. The molecule has 0 saturated heterocycles. The van der Waals surface area contributed by atoms with E-state index in [1.807, 2.05) is 27.7 Å². The van der Waals surface area contributed by atoms with E-state index in [4.69, 9.17) is 0 Å². The number of nitrogens with one attached hydrogen (secondary N) is 1. The van der Waals surface area contributed by atoms with Crippen molar-refractivity contribution < 1.29 is 9.90 Å². The fourth-order valence-corrected chi connectivity index (χ4v) is 2.21. The molecule has 116 valence electrons. The molecule has 2 aromatic heterocycles. The minimum Gasteiger partial charge on any atom is -0.478 e. The van der Waals surface area contributed by atoms with Crippen LogP contribution in [0.2, 0.25) is 0 Å². The molecule has 0 atom stereocenters. The number of carboxylic acids is 1. The molecule has 0 amide bonds. The maximum absolute atomic E-state index is 11.3. The molecular weight excluding hydrogens is 280 g/mol. The fourth-order valence-electron chi connectivity index (χ4n) is 2.21. The van der Waals surface area contributed by atoms with Crippen molar-refractivity contribution in [3.05, 3.63) is 41.6 Å². The van der Waals surface area contributed by atoms with E-state index in [9.17, 15) is 9.90 Å². The molecule has 22 heavy (non-hydrogen) atoms. The summed E-state index contributed by atoms with van der Waals surface area (Å²) in [5.74, 6) is -0.363. The molecular formula is C16H20N4O2. The number of carboxylic acid groups (broad SMARTS) is 1. The minimum absolute atomic E-state index is 0.121. The van der Waals surface area contributed by atoms with Crippen molar-refractivity contribution in [1.29, 1.82) is 0 Å². The predicted octanol–water partition coefficient (Wildman–Crippen LogP) is 3.56. The molecule has 0 aliphatic carbocycles. The van der Waals surface area contributed by atoms with Crippen LogP contribution in [0.4, 0.5) is 11.5 Å². The van der Waals surface area contributed by atoms with Crippen LogP contribution in [-0.2, 0) is 0 Å². The van der Waals surface area contributed by atoms with Gasteiger partial charge in [-0.15, -0.1) is 0 Å². The standard InChI is InChI=1S/C16H20N4O2/c1-9(2)12-14(13(10(3)4)19-8-18-12)20-15-11(16(21)22)6-5-7-17-15/h5-10H,1-4H3,(H,17,20)(H,21,22). The normalized spacial score (nSPS) is 11.0. The number of hydrogen-bond donors (Lipinski definition) is 2. The Hall–Kier alpha value is -2.50. The first-order valence-corrected chi connectivity index (χ1v) is 7.22. The molecule has 2 rings (SSSR count). The maximum Gasteiger partial charge on any atom is 0.339 e. The molecule has 0 aliphatic heterocycles. The zero-order chi connectivity index (χ0) is 16.3. The first kappa shape index (κ1) is 15.9. The van der Waals surface area contributed by atoms with Crippen molar-refractivity contribution in [1.82, 2.24) is 15.0 Å². The number of rotatable bonds is 5. The average Bonchev–Trinajstić information content (AvgIpc) is 2.47. The second-order valence-corrected chi connectivity index (χ2v) is 5.66. The zero-order valence-corrected chi connectivity index (χ0v) is 13.2. The van der Waals surface area contributed by atoms with Crippen LogP contribution in [0.1, 0.15) is 61.3 Å². The van der Waals surface area contributed by atoms with Crippen molar-refractivity contribution in [2.45, 2.75) is 39.5 Å². The third-order valence-electron chi connectivity index (χ3n) is 3.28. The molecule has 0 saturated carbocycles. The number of hydrogen-bond acceptors (Lipinski definition) is 5. The summed E-state index contributed by atoms with van der Waals surface area (Å²) >= 11 is 0. The smallest absolute Gasteiger partial charge is 0.339 e. The van der Waals surface area contributed by atoms with Gasteiger partial charge in [-0.3, -0.25) is 0 Å². The second kappa shape index (κ2) is 6.51. The van der Waals surface area contributed by atoms with E-state index >= 15 is 0 Å². The van der Waals surface area contributed by atoms with Gasteiger partial charge in [0.2, 0.25) is 0 Å². The monoisotopic (exact) mass is 300 g/mol. The largest absolute Gasteiger partial charge is 0.478 e. The second-order valence-electron chi connectivity index (χ2n) is 5.66. The van der Waals surface area contributed by atoms with Gasteiger partial charge in [-0.2, -0.15) is 0 Å². The number of aromatic nitrogens is 3. The van der Waals surface area contributed by atoms with E-state index in [0.29, 0.717) is 5.82 Å². The lowest BCUT2D eigenvalue weighted by Gasteiger charge is -2.19. The molecule has 0 aliphatic rings. The number of aromatic carboxylic acids is 1. The van der Waals surface area contributed by atoms with E-state index in [2.05, 4.69) is 20.3 Å². The maximum atomic E-state index is 11.3. The number of anilines is 2. The zero-order valence-electron chi connectivity index (χ0n) is 13.2. The van der Waals surface area contributed by atoms with E-state index in [-0.39, 0.29) is 17.4 Å². The molecule has 0 bridgehead atoms. The molecule has 2 heterocycles. The minimum atomic E-state index is -1.02. The third-order valence-corrected chi connectivity index (χ3v) is 3.28. The number of carbonyl (C=O) groups is 1. The first-order valence-electron chi connectivity index (χ1n) is 7.22. The lowest BCUT2D eigenvalue weighted by molar-refractivity contribution is 0.0697. The van der Waals surface area contributed by atoms with Gasteiger partial charge in [-0.25, -0.2) is 19.7 Å². The number of pyridine rings is 1. The average molecular weight is 300 g/mol. The molecule has 2 aromatic rings. The Bertz CT molecular complexity index is 657.